The molecule has 1 aliphatic rings. The van der Waals surface area contributed by atoms with Crippen molar-refractivity contribution in [2.75, 3.05) is 20.2 Å². The molecule has 0 aliphatic carbocycles. The second kappa shape index (κ2) is 7.96. The van der Waals surface area contributed by atoms with Crippen LogP contribution in [-0.4, -0.2) is 48.5 Å². The summed E-state index contributed by atoms with van der Waals surface area (Å²) >= 11 is 0. The first-order valence-electron chi connectivity index (χ1n) is 9.05. The molecule has 1 unspecified atom stereocenters. The zero-order chi connectivity index (χ0) is 20.2. The van der Waals surface area contributed by atoms with Gasteiger partial charge in [0.05, 0.1) is 12.6 Å². The summed E-state index contributed by atoms with van der Waals surface area (Å²) in [6, 6.07) is 6.27. The number of hydrogen-bond donors (Lipinski definition) is 3. The molecular weight excluding hydrogens is 348 g/mol. The average molecular weight is 376 g/mol. The van der Waals surface area contributed by atoms with E-state index in [1.165, 1.54) is 0 Å². The van der Waals surface area contributed by atoms with Crippen LogP contribution in [-0.2, 0) is 15.1 Å². The lowest BCUT2D eigenvalue weighted by atomic mass is 9.92. The quantitative estimate of drug-likeness (QED) is 0.588. The third kappa shape index (κ3) is 3.90. The topological polar surface area (TPSA) is 114 Å². The number of methoxy groups -OCH3 is 1. The summed E-state index contributed by atoms with van der Waals surface area (Å²) in [5.41, 5.74) is 4.65. The number of benzene rings is 1. The largest absolute Gasteiger partial charge is 0.497 e. The summed E-state index contributed by atoms with van der Waals surface area (Å²) in [6.45, 7) is 5.43. The van der Waals surface area contributed by atoms with E-state index in [2.05, 4.69) is 10.6 Å². The number of carbonyl (C=O) groups excluding carboxylic acids is 3. The van der Waals surface area contributed by atoms with Crippen LogP contribution in [0.25, 0.3) is 0 Å². The predicted molar refractivity (Wildman–Crippen MR) is 101 cm³/mol. The molecule has 1 aromatic rings. The molecule has 0 radical (unpaired) electrons. The van der Waals surface area contributed by atoms with Crippen molar-refractivity contribution in [2.45, 2.75) is 44.7 Å². The second-order valence-corrected chi connectivity index (χ2v) is 6.91. The molecule has 0 saturated carbocycles. The minimum atomic E-state index is -1.23. The molecule has 1 heterocycles. The van der Waals surface area contributed by atoms with E-state index in [9.17, 15) is 14.4 Å². The fourth-order valence-electron chi connectivity index (χ4n) is 3.21. The number of carbonyl (C=O) groups is 3. The third-order valence-corrected chi connectivity index (χ3v) is 5.39. The van der Waals surface area contributed by atoms with Crippen molar-refractivity contribution in [1.82, 2.24) is 15.5 Å². The molecular formula is C19H28N4O4. The minimum Gasteiger partial charge on any atom is -0.497 e. The Kier molecular flexibility index (Phi) is 6.10. The molecule has 4 N–H and O–H groups in total. The summed E-state index contributed by atoms with van der Waals surface area (Å²) in [4.78, 5) is 38.7. The van der Waals surface area contributed by atoms with Gasteiger partial charge in [-0.15, -0.1) is 0 Å². The fourth-order valence-corrected chi connectivity index (χ4v) is 3.21. The van der Waals surface area contributed by atoms with Crippen LogP contribution in [0.15, 0.2) is 24.3 Å². The predicted octanol–water partition coefficient (Wildman–Crippen LogP) is 1.10. The average Bonchev–Trinajstić information content (AvgIpc) is 2.90. The Morgan fingerprint density at radius 2 is 1.85 bits per heavy atom. The van der Waals surface area contributed by atoms with Crippen LogP contribution in [0, 0.1) is 0 Å². The lowest BCUT2D eigenvalue weighted by molar-refractivity contribution is -0.135. The van der Waals surface area contributed by atoms with Gasteiger partial charge in [0.25, 0.3) is 5.91 Å². The van der Waals surface area contributed by atoms with Crippen LogP contribution in [0.5, 0.6) is 5.75 Å². The maximum atomic E-state index is 12.9. The van der Waals surface area contributed by atoms with Crippen LogP contribution in [0.3, 0.4) is 0 Å². The van der Waals surface area contributed by atoms with Gasteiger partial charge in [-0.05, 0) is 37.5 Å². The second-order valence-electron chi connectivity index (χ2n) is 6.91. The number of nitrogens with zero attached hydrogens (tertiary/aromatic N) is 1. The van der Waals surface area contributed by atoms with E-state index in [1.54, 1.807) is 38.3 Å². The normalized spacial score (nSPS) is 19.8. The van der Waals surface area contributed by atoms with E-state index in [-0.39, 0.29) is 13.1 Å². The summed E-state index contributed by atoms with van der Waals surface area (Å²) in [5, 5.41) is 5.56. The monoisotopic (exact) mass is 376 g/mol. The summed E-state index contributed by atoms with van der Waals surface area (Å²) in [6.07, 6.45) is 1.32. The maximum absolute atomic E-state index is 12.9. The molecule has 8 nitrogen and oxygen atoms in total. The third-order valence-electron chi connectivity index (χ3n) is 5.39. The van der Waals surface area contributed by atoms with Crippen molar-refractivity contribution in [2.24, 2.45) is 5.73 Å². The molecule has 8 heteroatoms. The number of urea groups is 1. The first-order chi connectivity index (χ1) is 12.7. The minimum absolute atomic E-state index is 0.287. The van der Waals surface area contributed by atoms with Crippen molar-refractivity contribution < 1.29 is 19.1 Å². The van der Waals surface area contributed by atoms with Crippen molar-refractivity contribution in [3.05, 3.63) is 29.8 Å². The Morgan fingerprint density at radius 1 is 1.26 bits per heavy atom. The molecule has 0 bridgehead atoms. The van der Waals surface area contributed by atoms with Crippen LogP contribution < -0.4 is 21.1 Å². The van der Waals surface area contributed by atoms with Gasteiger partial charge in [0.15, 0.2) is 0 Å². The molecule has 1 aliphatic heterocycles. The van der Waals surface area contributed by atoms with E-state index in [1.807, 2.05) is 13.8 Å². The fraction of sp³-hybridized carbons (Fsp3) is 0.526. The number of hydrogen-bond acceptors (Lipinski definition) is 5. The summed E-state index contributed by atoms with van der Waals surface area (Å²) in [5.74, 6) is -0.238. The Morgan fingerprint density at radius 3 is 2.33 bits per heavy atom. The maximum Gasteiger partial charge on any atom is 0.325 e. The van der Waals surface area contributed by atoms with Gasteiger partial charge in [-0.3, -0.25) is 14.5 Å². The Bertz CT molecular complexity index is 707. The van der Waals surface area contributed by atoms with Crippen molar-refractivity contribution >= 4 is 17.8 Å². The number of nitrogens with one attached hydrogen (secondary N) is 2. The molecule has 1 aromatic carbocycles. The van der Waals surface area contributed by atoms with Gasteiger partial charge in [-0.25, -0.2) is 4.79 Å². The van der Waals surface area contributed by atoms with Crippen LogP contribution >= 0.6 is 0 Å². The zero-order valence-electron chi connectivity index (χ0n) is 16.3. The van der Waals surface area contributed by atoms with E-state index >= 15 is 0 Å². The SMILES string of the molecule is CCC(CC)(CN)NC(=O)CN1C(=O)NC(C)(c2ccc(OC)cc2)C1=O. The first-order valence-corrected chi connectivity index (χ1v) is 9.05. The highest BCUT2D eigenvalue weighted by Crippen LogP contribution is 2.30. The molecule has 4 amide bonds. The van der Waals surface area contributed by atoms with E-state index in [0.29, 0.717) is 24.2 Å². The molecule has 148 valence electrons. The van der Waals surface area contributed by atoms with Crippen LogP contribution in [0.4, 0.5) is 4.79 Å². The lowest BCUT2D eigenvalue weighted by Crippen LogP contribution is -2.55. The summed E-state index contributed by atoms with van der Waals surface area (Å²) in [7, 11) is 1.55. The van der Waals surface area contributed by atoms with Gasteiger partial charge in [-0.1, -0.05) is 26.0 Å². The van der Waals surface area contributed by atoms with Gasteiger partial charge >= 0.3 is 6.03 Å². The molecule has 0 spiro atoms. The molecule has 1 fully saturated rings. The van der Waals surface area contributed by atoms with E-state index in [4.69, 9.17) is 10.5 Å². The van der Waals surface area contributed by atoms with Gasteiger partial charge < -0.3 is 21.1 Å². The molecule has 27 heavy (non-hydrogen) atoms. The van der Waals surface area contributed by atoms with Gasteiger partial charge in [-0.2, -0.15) is 0 Å². The lowest BCUT2D eigenvalue weighted by Gasteiger charge is -2.32. The standard InChI is InChI=1S/C19H28N4O4/c1-5-19(6-2,12-20)21-15(24)11-23-16(25)18(3,22-17(23)26)13-7-9-14(27-4)10-8-13/h7-10H,5-6,11-12,20H2,1-4H3,(H,21,24)(H,22,26). The first kappa shape index (κ1) is 20.7. The van der Waals surface area contributed by atoms with Crippen molar-refractivity contribution in [1.29, 1.82) is 0 Å². The van der Waals surface area contributed by atoms with Gasteiger partial charge in [0.1, 0.15) is 17.8 Å². The highest BCUT2D eigenvalue weighted by atomic mass is 16.5. The summed E-state index contributed by atoms with van der Waals surface area (Å²) < 4.78 is 5.12. The van der Waals surface area contributed by atoms with Crippen LogP contribution in [0.1, 0.15) is 39.2 Å². The number of imide groups is 1. The molecule has 1 atom stereocenters. The number of rotatable bonds is 8. The Balaban J connectivity index is 2.16. The van der Waals surface area contributed by atoms with E-state index in [0.717, 1.165) is 4.90 Å². The Labute approximate surface area is 159 Å². The number of amides is 4. The van der Waals surface area contributed by atoms with Gasteiger partial charge in [0, 0.05) is 6.54 Å². The molecule has 1 saturated heterocycles. The number of ether oxygens (including phenoxy) is 1. The highest BCUT2D eigenvalue weighted by molar-refractivity contribution is 6.09. The number of nitrogens with two attached hydrogens (primary N) is 1. The van der Waals surface area contributed by atoms with E-state index < -0.39 is 28.9 Å². The van der Waals surface area contributed by atoms with Crippen LogP contribution in [0.2, 0.25) is 0 Å². The smallest absolute Gasteiger partial charge is 0.325 e. The zero-order valence-corrected chi connectivity index (χ0v) is 16.3. The molecule has 2 rings (SSSR count). The highest BCUT2D eigenvalue weighted by Gasteiger charge is 2.49. The van der Waals surface area contributed by atoms with Crippen molar-refractivity contribution in [3.8, 4) is 5.75 Å². The Hall–Kier alpha value is -2.61. The molecule has 0 aromatic heterocycles. The van der Waals surface area contributed by atoms with Crippen molar-refractivity contribution in [3.63, 3.8) is 0 Å². The van der Waals surface area contributed by atoms with Gasteiger partial charge in [0.2, 0.25) is 5.91 Å².